The molecule has 19 heavy (non-hydrogen) atoms. The minimum atomic E-state index is -3.51. The van der Waals surface area contributed by atoms with Crippen molar-refractivity contribution < 1.29 is 13.2 Å². The Kier molecular flexibility index (Phi) is 3.91. The Labute approximate surface area is 113 Å². The summed E-state index contributed by atoms with van der Waals surface area (Å²) in [6, 6.07) is 7.85. The number of rotatable bonds is 4. The van der Waals surface area contributed by atoms with Crippen LogP contribution in [0.3, 0.4) is 0 Å². The largest absolute Gasteiger partial charge is 0.348 e. The minimum absolute atomic E-state index is 0.0919. The Bertz CT molecular complexity index is 583. The SMILES string of the molecule is CNS(=O)(=O)CC(=O)N[C@@H]1C[C@@H](C)c2ccccc21. The number of benzene rings is 1. The van der Waals surface area contributed by atoms with Crippen molar-refractivity contribution in [3.63, 3.8) is 0 Å². The molecule has 0 unspecified atom stereocenters. The van der Waals surface area contributed by atoms with Gasteiger partial charge in [0.15, 0.2) is 0 Å². The Morgan fingerprint density at radius 3 is 2.58 bits per heavy atom. The van der Waals surface area contributed by atoms with Crippen molar-refractivity contribution in [3.8, 4) is 0 Å². The van der Waals surface area contributed by atoms with Crippen LogP contribution in [0, 0.1) is 0 Å². The fourth-order valence-corrected chi connectivity index (χ4v) is 3.07. The van der Waals surface area contributed by atoms with E-state index in [-0.39, 0.29) is 6.04 Å². The molecule has 1 aromatic carbocycles. The fourth-order valence-electron chi connectivity index (χ4n) is 2.50. The van der Waals surface area contributed by atoms with Crippen LogP contribution in [-0.2, 0) is 14.8 Å². The van der Waals surface area contributed by atoms with Crippen molar-refractivity contribution in [2.24, 2.45) is 0 Å². The van der Waals surface area contributed by atoms with Crippen molar-refractivity contribution in [1.82, 2.24) is 10.0 Å². The molecule has 1 aliphatic rings. The molecule has 5 nitrogen and oxygen atoms in total. The zero-order valence-corrected chi connectivity index (χ0v) is 11.8. The van der Waals surface area contributed by atoms with Crippen molar-refractivity contribution in [2.45, 2.75) is 25.3 Å². The highest BCUT2D eigenvalue weighted by Gasteiger charge is 2.29. The van der Waals surface area contributed by atoms with E-state index in [0.717, 1.165) is 12.0 Å². The molecular formula is C13H18N2O3S. The Hall–Kier alpha value is -1.40. The van der Waals surface area contributed by atoms with Crippen LogP contribution in [0.25, 0.3) is 0 Å². The average Bonchev–Trinajstić information content (AvgIpc) is 2.66. The Morgan fingerprint density at radius 1 is 1.32 bits per heavy atom. The van der Waals surface area contributed by atoms with Crippen molar-refractivity contribution in [3.05, 3.63) is 35.4 Å². The van der Waals surface area contributed by atoms with Crippen LogP contribution in [0.1, 0.15) is 36.4 Å². The maximum absolute atomic E-state index is 11.8. The predicted molar refractivity (Wildman–Crippen MR) is 73.2 cm³/mol. The smallest absolute Gasteiger partial charge is 0.237 e. The Morgan fingerprint density at radius 2 is 1.95 bits per heavy atom. The molecule has 0 heterocycles. The van der Waals surface area contributed by atoms with E-state index < -0.39 is 21.7 Å². The standard InChI is InChI=1S/C13H18N2O3S/c1-9-7-12(11-6-4-3-5-10(9)11)15-13(16)8-19(17,18)14-2/h3-6,9,12,14H,7-8H2,1-2H3,(H,15,16)/t9-,12-/m1/s1. The lowest BCUT2D eigenvalue weighted by atomic mass is 10.0. The van der Waals surface area contributed by atoms with Crippen molar-refractivity contribution >= 4 is 15.9 Å². The van der Waals surface area contributed by atoms with Crippen LogP contribution < -0.4 is 10.0 Å². The van der Waals surface area contributed by atoms with E-state index in [1.54, 1.807) is 0 Å². The number of carbonyl (C=O) groups is 1. The average molecular weight is 282 g/mol. The van der Waals surface area contributed by atoms with Crippen molar-refractivity contribution in [1.29, 1.82) is 0 Å². The van der Waals surface area contributed by atoms with Gasteiger partial charge in [-0.05, 0) is 30.5 Å². The van der Waals surface area contributed by atoms with E-state index in [9.17, 15) is 13.2 Å². The summed E-state index contributed by atoms with van der Waals surface area (Å²) >= 11 is 0. The summed E-state index contributed by atoms with van der Waals surface area (Å²) in [7, 11) is -2.21. The summed E-state index contributed by atoms with van der Waals surface area (Å²) < 4.78 is 24.8. The van der Waals surface area contributed by atoms with Gasteiger partial charge in [-0.15, -0.1) is 0 Å². The maximum atomic E-state index is 11.8. The minimum Gasteiger partial charge on any atom is -0.348 e. The number of carbonyl (C=O) groups excluding carboxylic acids is 1. The normalized spacial score (nSPS) is 22.0. The fraction of sp³-hybridized carbons (Fsp3) is 0.462. The number of hydrogen-bond acceptors (Lipinski definition) is 3. The quantitative estimate of drug-likeness (QED) is 0.861. The van der Waals surface area contributed by atoms with E-state index in [4.69, 9.17) is 0 Å². The van der Waals surface area contributed by atoms with Crippen LogP contribution in [-0.4, -0.2) is 27.1 Å². The van der Waals surface area contributed by atoms with Gasteiger partial charge in [-0.1, -0.05) is 31.2 Å². The third kappa shape index (κ3) is 3.13. The van der Waals surface area contributed by atoms with Gasteiger partial charge in [0.05, 0.1) is 6.04 Å². The summed E-state index contributed by atoms with van der Waals surface area (Å²) in [5.41, 5.74) is 2.31. The molecule has 1 aromatic rings. The molecule has 0 bridgehead atoms. The number of hydrogen-bond donors (Lipinski definition) is 2. The second-order valence-corrected chi connectivity index (χ2v) is 6.78. The number of amides is 1. The van der Waals surface area contributed by atoms with E-state index in [1.807, 2.05) is 18.2 Å². The molecule has 1 amide bonds. The molecule has 0 spiro atoms. The molecule has 0 aromatic heterocycles. The van der Waals surface area contributed by atoms with Crippen LogP contribution >= 0.6 is 0 Å². The van der Waals surface area contributed by atoms with Gasteiger partial charge in [-0.2, -0.15) is 0 Å². The van der Waals surface area contributed by atoms with Gasteiger partial charge < -0.3 is 5.32 Å². The highest BCUT2D eigenvalue weighted by Crippen LogP contribution is 2.39. The highest BCUT2D eigenvalue weighted by atomic mass is 32.2. The molecule has 6 heteroatoms. The van der Waals surface area contributed by atoms with E-state index in [2.05, 4.69) is 23.0 Å². The molecule has 0 fully saturated rings. The van der Waals surface area contributed by atoms with E-state index in [1.165, 1.54) is 12.6 Å². The summed E-state index contributed by atoms with van der Waals surface area (Å²) in [5, 5.41) is 2.80. The third-order valence-corrected chi connectivity index (χ3v) is 4.72. The van der Waals surface area contributed by atoms with Gasteiger partial charge in [-0.3, -0.25) is 4.79 Å². The molecule has 2 N–H and O–H groups in total. The third-order valence-electron chi connectivity index (χ3n) is 3.46. The monoisotopic (exact) mass is 282 g/mol. The number of sulfonamides is 1. The molecule has 0 saturated heterocycles. The summed E-state index contributed by atoms with van der Waals surface area (Å²) in [5.74, 6) is -0.623. The molecule has 2 rings (SSSR count). The lowest BCUT2D eigenvalue weighted by Crippen LogP contribution is -2.36. The first-order valence-corrected chi connectivity index (χ1v) is 7.87. The highest BCUT2D eigenvalue weighted by molar-refractivity contribution is 7.90. The molecular weight excluding hydrogens is 264 g/mol. The molecule has 0 radical (unpaired) electrons. The zero-order chi connectivity index (χ0) is 14.0. The Balaban J connectivity index is 2.08. The van der Waals surface area contributed by atoms with Crippen LogP contribution in [0.4, 0.5) is 0 Å². The second kappa shape index (κ2) is 5.30. The first-order valence-electron chi connectivity index (χ1n) is 6.22. The molecule has 0 saturated carbocycles. The van der Waals surface area contributed by atoms with Gasteiger partial charge in [0.1, 0.15) is 5.75 Å². The van der Waals surface area contributed by atoms with Gasteiger partial charge in [0, 0.05) is 0 Å². The predicted octanol–water partition coefficient (Wildman–Crippen LogP) is 0.900. The zero-order valence-electron chi connectivity index (χ0n) is 11.0. The number of fused-ring (bicyclic) bond motifs is 1. The maximum Gasteiger partial charge on any atom is 0.237 e. The van der Waals surface area contributed by atoms with E-state index in [0.29, 0.717) is 5.92 Å². The van der Waals surface area contributed by atoms with E-state index >= 15 is 0 Å². The lowest BCUT2D eigenvalue weighted by molar-refractivity contribution is -0.119. The van der Waals surface area contributed by atoms with Crippen LogP contribution in [0.5, 0.6) is 0 Å². The van der Waals surface area contributed by atoms with Crippen LogP contribution in [0.2, 0.25) is 0 Å². The molecule has 0 aliphatic heterocycles. The summed E-state index contributed by atoms with van der Waals surface area (Å²) in [4.78, 5) is 11.8. The first-order chi connectivity index (χ1) is 8.93. The van der Waals surface area contributed by atoms with Gasteiger partial charge >= 0.3 is 0 Å². The van der Waals surface area contributed by atoms with Crippen molar-refractivity contribution in [2.75, 3.05) is 12.8 Å². The number of nitrogens with one attached hydrogen (secondary N) is 2. The first kappa shape index (κ1) is 14.0. The molecule has 104 valence electrons. The van der Waals surface area contributed by atoms with Gasteiger partial charge in [0.25, 0.3) is 0 Å². The van der Waals surface area contributed by atoms with Crippen LogP contribution in [0.15, 0.2) is 24.3 Å². The lowest BCUT2D eigenvalue weighted by Gasteiger charge is -2.14. The topological polar surface area (TPSA) is 75.3 Å². The van der Waals surface area contributed by atoms with Gasteiger partial charge in [0.2, 0.25) is 15.9 Å². The van der Waals surface area contributed by atoms with Gasteiger partial charge in [-0.25, -0.2) is 13.1 Å². The molecule has 1 aliphatic carbocycles. The second-order valence-electron chi connectivity index (χ2n) is 4.85. The molecule has 2 atom stereocenters. The summed E-state index contributed by atoms with van der Waals surface area (Å²) in [6.45, 7) is 2.11. The summed E-state index contributed by atoms with van der Waals surface area (Å²) in [6.07, 6.45) is 0.810.